The van der Waals surface area contributed by atoms with Crippen molar-refractivity contribution in [1.82, 2.24) is 5.32 Å². The van der Waals surface area contributed by atoms with Crippen LogP contribution in [0, 0.1) is 0 Å². The molecule has 0 bridgehead atoms. The molecule has 1 unspecified atom stereocenters. The molecule has 0 spiro atoms. The molecule has 3 nitrogen and oxygen atoms in total. The molecule has 4 rings (SSSR count). The molecule has 24 heavy (non-hydrogen) atoms. The van der Waals surface area contributed by atoms with Gasteiger partial charge in [0, 0.05) is 18.5 Å². The topological polar surface area (TPSA) is 38.3 Å². The van der Waals surface area contributed by atoms with E-state index in [1.54, 1.807) is 0 Å². The summed E-state index contributed by atoms with van der Waals surface area (Å²) in [4.78, 5) is 12.4. The lowest BCUT2D eigenvalue weighted by atomic mass is 9.99. The van der Waals surface area contributed by atoms with Gasteiger partial charge in [0.15, 0.2) is 0 Å². The zero-order valence-electron chi connectivity index (χ0n) is 13.4. The maximum Gasteiger partial charge on any atom is 0.251 e. The molecular weight excluding hydrogens is 298 g/mol. The second kappa shape index (κ2) is 6.46. The number of nitrogens with one attached hydrogen (secondary N) is 1. The minimum Gasteiger partial charge on any atom is -0.371 e. The van der Waals surface area contributed by atoms with Gasteiger partial charge in [-0.2, -0.15) is 0 Å². The van der Waals surface area contributed by atoms with Gasteiger partial charge in [-0.1, -0.05) is 54.6 Å². The van der Waals surface area contributed by atoms with Gasteiger partial charge in [-0.15, -0.1) is 0 Å². The van der Waals surface area contributed by atoms with Crippen LogP contribution in [-0.4, -0.2) is 18.6 Å². The van der Waals surface area contributed by atoms with Crippen molar-refractivity contribution in [2.45, 2.75) is 19.1 Å². The maximum atomic E-state index is 12.4. The Morgan fingerprint density at radius 3 is 2.58 bits per heavy atom. The molecule has 3 aromatic rings. The predicted octanol–water partition coefficient (Wildman–Crippen LogP) is 3.71. The van der Waals surface area contributed by atoms with E-state index in [4.69, 9.17) is 4.74 Å². The van der Waals surface area contributed by atoms with Crippen molar-refractivity contribution in [2.24, 2.45) is 0 Å². The number of fused-ring (bicyclic) bond motifs is 2. The third kappa shape index (κ3) is 3.03. The molecule has 0 aliphatic carbocycles. The molecule has 1 N–H and O–H groups in total. The van der Waals surface area contributed by atoms with E-state index < -0.39 is 0 Å². The van der Waals surface area contributed by atoms with E-state index in [1.807, 2.05) is 48.5 Å². The van der Waals surface area contributed by atoms with Crippen LogP contribution < -0.4 is 5.32 Å². The Hall–Kier alpha value is -2.65. The molecule has 1 aliphatic heterocycles. The summed E-state index contributed by atoms with van der Waals surface area (Å²) in [6, 6.07) is 22.2. The van der Waals surface area contributed by atoms with Gasteiger partial charge in [0.2, 0.25) is 0 Å². The highest BCUT2D eigenvalue weighted by molar-refractivity contribution is 5.98. The van der Waals surface area contributed by atoms with Crippen LogP contribution in [-0.2, 0) is 17.8 Å². The Bertz CT molecular complexity index is 888. The quantitative estimate of drug-likeness (QED) is 0.800. The lowest BCUT2D eigenvalue weighted by Crippen LogP contribution is -2.36. The van der Waals surface area contributed by atoms with Crippen LogP contribution in [0.15, 0.2) is 66.7 Å². The fraction of sp³-hybridized carbons (Fsp3) is 0.190. The number of amides is 1. The van der Waals surface area contributed by atoms with Crippen LogP contribution in [0.5, 0.6) is 0 Å². The van der Waals surface area contributed by atoms with Crippen molar-refractivity contribution in [3.63, 3.8) is 0 Å². The highest BCUT2D eigenvalue weighted by atomic mass is 16.5. The lowest BCUT2D eigenvalue weighted by Gasteiger charge is -2.25. The van der Waals surface area contributed by atoms with E-state index in [0.717, 1.165) is 17.2 Å². The van der Waals surface area contributed by atoms with Gasteiger partial charge in [0.1, 0.15) is 0 Å². The number of hydrogen-bond donors (Lipinski definition) is 1. The van der Waals surface area contributed by atoms with Crippen LogP contribution in [0.3, 0.4) is 0 Å². The largest absolute Gasteiger partial charge is 0.371 e. The van der Waals surface area contributed by atoms with E-state index in [1.165, 1.54) is 11.1 Å². The Morgan fingerprint density at radius 2 is 1.71 bits per heavy atom. The molecule has 3 aromatic carbocycles. The Balaban J connectivity index is 1.41. The van der Waals surface area contributed by atoms with Gasteiger partial charge in [-0.25, -0.2) is 0 Å². The SMILES string of the molecule is O=C(NCC1Cc2ccccc2CO1)c1ccc2ccccc2c1. The van der Waals surface area contributed by atoms with Crippen LogP contribution in [0.2, 0.25) is 0 Å². The van der Waals surface area contributed by atoms with Crippen molar-refractivity contribution in [2.75, 3.05) is 6.54 Å². The summed E-state index contributed by atoms with van der Waals surface area (Å²) in [5.41, 5.74) is 3.24. The third-order valence-corrected chi connectivity index (χ3v) is 4.54. The van der Waals surface area contributed by atoms with Crippen molar-refractivity contribution < 1.29 is 9.53 Å². The first-order valence-corrected chi connectivity index (χ1v) is 8.25. The van der Waals surface area contributed by atoms with Crippen LogP contribution >= 0.6 is 0 Å². The van der Waals surface area contributed by atoms with Crippen LogP contribution in [0.25, 0.3) is 10.8 Å². The molecule has 1 atom stereocenters. The molecule has 1 heterocycles. The number of ether oxygens (including phenoxy) is 1. The molecule has 0 fully saturated rings. The van der Waals surface area contributed by atoms with Crippen molar-refractivity contribution in [3.8, 4) is 0 Å². The molecule has 1 amide bonds. The summed E-state index contributed by atoms with van der Waals surface area (Å²) in [5.74, 6) is -0.0526. The summed E-state index contributed by atoms with van der Waals surface area (Å²) in [5, 5.41) is 5.22. The first-order chi connectivity index (χ1) is 11.8. The molecule has 120 valence electrons. The summed E-state index contributed by atoms with van der Waals surface area (Å²) >= 11 is 0. The Morgan fingerprint density at radius 1 is 0.958 bits per heavy atom. The number of rotatable bonds is 3. The Labute approximate surface area is 141 Å². The van der Waals surface area contributed by atoms with E-state index >= 15 is 0 Å². The number of hydrogen-bond acceptors (Lipinski definition) is 2. The summed E-state index contributed by atoms with van der Waals surface area (Å²) in [6.45, 7) is 1.15. The fourth-order valence-electron chi connectivity index (χ4n) is 3.18. The molecule has 0 aromatic heterocycles. The zero-order valence-corrected chi connectivity index (χ0v) is 13.4. The first kappa shape index (κ1) is 14.9. The van der Waals surface area contributed by atoms with E-state index in [-0.39, 0.29) is 12.0 Å². The highest BCUT2D eigenvalue weighted by Gasteiger charge is 2.19. The lowest BCUT2D eigenvalue weighted by molar-refractivity contribution is 0.0285. The van der Waals surface area contributed by atoms with E-state index in [9.17, 15) is 4.79 Å². The Kier molecular flexibility index (Phi) is 4.01. The van der Waals surface area contributed by atoms with E-state index in [0.29, 0.717) is 18.7 Å². The van der Waals surface area contributed by atoms with Gasteiger partial charge in [0.05, 0.1) is 12.7 Å². The minimum atomic E-state index is -0.0526. The standard InChI is InChI=1S/C21H19NO2/c23-21(18-10-9-15-5-1-2-6-16(15)11-18)22-13-20-12-17-7-3-4-8-19(17)14-24-20/h1-11,20H,12-14H2,(H,22,23). The summed E-state index contributed by atoms with van der Waals surface area (Å²) < 4.78 is 5.85. The maximum absolute atomic E-state index is 12.4. The van der Waals surface area contributed by atoms with Gasteiger partial charge in [0.25, 0.3) is 5.91 Å². The molecule has 0 saturated carbocycles. The van der Waals surface area contributed by atoms with Crippen molar-refractivity contribution in [3.05, 3.63) is 83.4 Å². The first-order valence-electron chi connectivity index (χ1n) is 8.25. The van der Waals surface area contributed by atoms with Gasteiger partial charge in [-0.05, 0) is 34.0 Å². The molecule has 3 heteroatoms. The van der Waals surface area contributed by atoms with Gasteiger partial charge >= 0.3 is 0 Å². The van der Waals surface area contributed by atoms with Gasteiger partial charge in [-0.3, -0.25) is 4.79 Å². The average Bonchev–Trinajstić information content (AvgIpc) is 2.65. The second-order valence-electron chi connectivity index (χ2n) is 6.18. The second-order valence-corrected chi connectivity index (χ2v) is 6.18. The van der Waals surface area contributed by atoms with Crippen LogP contribution in [0.1, 0.15) is 21.5 Å². The summed E-state index contributed by atoms with van der Waals surface area (Å²) in [7, 11) is 0. The number of carbonyl (C=O) groups excluding carboxylic acids is 1. The van der Waals surface area contributed by atoms with Crippen LogP contribution in [0.4, 0.5) is 0 Å². The fourth-order valence-corrected chi connectivity index (χ4v) is 3.18. The average molecular weight is 317 g/mol. The predicted molar refractivity (Wildman–Crippen MR) is 95.0 cm³/mol. The number of carbonyl (C=O) groups is 1. The normalized spacial score (nSPS) is 16.6. The van der Waals surface area contributed by atoms with Crippen molar-refractivity contribution >= 4 is 16.7 Å². The smallest absolute Gasteiger partial charge is 0.251 e. The minimum absolute atomic E-state index is 0.0318. The zero-order chi connectivity index (χ0) is 16.4. The van der Waals surface area contributed by atoms with Gasteiger partial charge < -0.3 is 10.1 Å². The molecule has 0 radical (unpaired) electrons. The highest BCUT2D eigenvalue weighted by Crippen LogP contribution is 2.20. The molecule has 1 aliphatic rings. The van der Waals surface area contributed by atoms with Crippen molar-refractivity contribution in [1.29, 1.82) is 0 Å². The molecular formula is C21H19NO2. The van der Waals surface area contributed by atoms with E-state index in [2.05, 4.69) is 23.5 Å². The summed E-state index contributed by atoms with van der Waals surface area (Å²) in [6.07, 6.45) is 0.873. The monoisotopic (exact) mass is 317 g/mol. The third-order valence-electron chi connectivity index (χ3n) is 4.54. The molecule has 0 saturated heterocycles. The number of benzene rings is 3.